The molecule has 0 aliphatic rings. The number of rotatable bonds is 9. The maximum absolute atomic E-state index is 12.4. The molecule has 132 valence electrons. The first-order chi connectivity index (χ1) is 12.1. The van der Waals surface area contributed by atoms with Gasteiger partial charge in [-0.25, -0.2) is 0 Å². The SMILES string of the molecule is O=C(CCCc1cccc(C(=O)c2ccccc2)c1)OCC(O)CO. The van der Waals surface area contributed by atoms with Crippen molar-refractivity contribution in [2.75, 3.05) is 13.2 Å². The summed E-state index contributed by atoms with van der Waals surface area (Å²) in [7, 11) is 0. The molecule has 0 spiro atoms. The average Bonchev–Trinajstić information content (AvgIpc) is 2.66. The van der Waals surface area contributed by atoms with Crippen LogP contribution >= 0.6 is 0 Å². The molecule has 5 nitrogen and oxygen atoms in total. The molecule has 0 aromatic heterocycles. The Morgan fingerprint density at radius 1 is 1.00 bits per heavy atom. The van der Waals surface area contributed by atoms with Crippen LogP contribution in [0.3, 0.4) is 0 Å². The Morgan fingerprint density at radius 3 is 2.44 bits per heavy atom. The number of ketones is 1. The predicted octanol–water partition coefficient (Wildman–Crippen LogP) is 2.14. The first kappa shape index (κ1) is 18.8. The average molecular weight is 342 g/mol. The number of ether oxygens (including phenoxy) is 1. The molecule has 0 amide bonds. The van der Waals surface area contributed by atoms with Gasteiger partial charge >= 0.3 is 5.97 Å². The van der Waals surface area contributed by atoms with E-state index in [4.69, 9.17) is 14.9 Å². The van der Waals surface area contributed by atoms with Crippen LogP contribution < -0.4 is 0 Å². The van der Waals surface area contributed by atoms with E-state index in [0.29, 0.717) is 24.0 Å². The molecule has 0 radical (unpaired) electrons. The van der Waals surface area contributed by atoms with Crippen LogP contribution in [0.2, 0.25) is 0 Å². The molecule has 0 bridgehead atoms. The number of hydrogen-bond donors (Lipinski definition) is 2. The van der Waals surface area contributed by atoms with Crippen molar-refractivity contribution in [2.24, 2.45) is 0 Å². The summed E-state index contributed by atoms with van der Waals surface area (Å²) in [5.41, 5.74) is 2.24. The van der Waals surface area contributed by atoms with Gasteiger partial charge in [0.25, 0.3) is 0 Å². The van der Waals surface area contributed by atoms with Crippen LogP contribution in [0.1, 0.15) is 34.3 Å². The summed E-state index contributed by atoms with van der Waals surface area (Å²) in [5, 5.41) is 17.8. The quantitative estimate of drug-likeness (QED) is 0.539. The fraction of sp³-hybridized carbons (Fsp3) is 0.300. The number of aryl methyl sites for hydroxylation is 1. The van der Waals surface area contributed by atoms with Gasteiger partial charge in [0, 0.05) is 17.5 Å². The monoisotopic (exact) mass is 342 g/mol. The largest absolute Gasteiger partial charge is 0.463 e. The van der Waals surface area contributed by atoms with E-state index in [1.165, 1.54) is 0 Å². The molecule has 0 aliphatic heterocycles. The number of hydrogen-bond acceptors (Lipinski definition) is 5. The fourth-order valence-corrected chi connectivity index (χ4v) is 2.38. The number of aliphatic hydroxyl groups excluding tert-OH is 2. The van der Waals surface area contributed by atoms with Gasteiger partial charge in [-0.3, -0.25) is 9.59 Å². The number of carbonyl (C=O) groups is 2. The normalized spacial score (nSPS) is 11.8. The van der Waals surface area contributed by atoms with E-state index in [2.05, 4.69) is 0 Å². The van der Waals surface area contributed by atoms with E-state index in [1.807, 2.05) is 36.4 Å². The Morgan fingerprint density at radius 2 is 1.72 bits per heavy atom. The molecule has 0 heterocycles. The smallest absolute Gasteiger partial charge is 0.305 e. The van der Waals surface area contributed by atoms with Crippen molar-refractivity contribution in [1.29, 1.82) is 0 Å². The third-order valence-electron chi connectivity index (χ3n) is 3.72. The predicted molar refractivity (Wildman–Crippen MR) is 93.3 cm³/mol. The van der Waals surface area contributed by atoms with Gasteiger partial charge in [0.2, 0.25) is 0 Å². The van der Waals surface area contributed by atoms with Gasteiger partial charge in [-0.15, -0.1) is 0 Å². The molecule has 0 aliphatic carbocycles. The molecule has 2 rings (SSSR count). The molecular weight excluding hydrogens is 320 g/mol. The van der Waals surface area contributed by atoms with Crippen molar-refractivity contribution in [3.63, 3.8) is 0 Å². The maximum atomic E-state index is 12.4. The van der Waals surface area contributed by atoms with Crippen molar-refractivity contribution in [2.45, 2.75) is 25.4 Å². The third-order valence-corrected chi connectivity index (χ3v) is 3.72. The minimum absolute atomic E-state index is 0.0279. The summed E-state index contributed by atoms with van der Waals surface area (Å²) in [6.07, 6.45) is 0.407. The minimum Gasteiger partial charge on any atom is -0.463 e. The lowest BCUT2D eigenvalue weighted by atomic mass is 9.99. The number of benzene rings is 2. The molecule has 1 atom stereocenters. The molecular formula is C20H22O5. The standard InChI is InChI=1S/C20H22O5/c21-13-18(22)14-25-19(23)11-5-7-15-6-4-10-17(12-15)20(24)16-8-2-1-3-9-16/h1-4,6,8-10,12,18,21-22H,5,7,11,13-14H2. The van der Waals surface area contributed by atoms with Gasteiger partial charge < -0.3 is 14.9 Å². The highest BCUT2D eigenvalue weighted by Crippen LogP contribution is 2.13. The Balaban J connectivity index is 1.85. The zero-order chi connectivity index (χ0) is 18.1. The second-order valence-electron chi connectivity index (χ2n) is 5.77. The Labute approximate surface area is 146 Å². The highest BCUT2D eigenvalue weighted by Gasteiger charge is 2.10. The Kier molecular flexibility index (Phi) is 7.32. The van der Waals surface area contributed by atoms with Crippen LogP contribution in [0.15, 0.2) is 54.6 Å². The van der Waals surface area contributed by atoms with Gasteiger partial charge in [0.1, 0.15) is 12.7 Å². The number of esters is 1. The highest BCUT2D eigenvalue weighted by molar-refractivity contribution is 6.09. The van der Waals surface area contributed by atoms with E-state index in [-0.39, 0.29) is 18.8 Å². The Bertz CT molecular complexity index is 696. The first-order valence-electron chi connectivity index (χ1n) is 8.23. The van der Waals surface area contributed by atoms with Crippen LogP contribution in [0.4, 0.5) is 0 Å². The molecule has 5 heteroatoms. The molecule has 2 N–H and O–H groups in total. The van der Waals surface area contributed by atoms with E-state index in [1.54, 1.807) is 18.2 Å². The van der Waals surface area contributed by atoms with Gasteiger partial charge in [-0.2, -0.15) is 0 Å². The van der Waals surface area contributed by atoms with Crippen molar-refractivity contribution in [3.8, 4) is 0 Å². The fourth-order valence-electron chi connectivity index (χ4n) is 2.38. The highest BCUT2D eigenvalue weighted by atomic mass is 16.5. The lowest BCUT2D eigenvalue weighted by molar-refractivity contribution is -0.147. The van der Waals surface area contributed by atoms with Crippen LogP contribution in [-0.4, -0.2) is 41.3 Å². The summed E-state index contributed by atoms with van der Waals surface area (Å²) in [5.74, 6) is -0.441. The third kappa shape index (κ3) is 6.14. The van der Waals surface area contributed by atoms with Crippen molar-refractivity contribution in [1.82, 2.24) is 0 Å². The van der Waals surface area contributed by atoms with Gasteiger partial charge in [-0.1, -0.05) is 48.5 Å². The van der Waals surface area contributed by atoms with Crippen LogP contribution in [0.5, 0.6) is 0 Å². The molecule has 1 unspecified atom stereocenters. The summed E-state index contributed by atoms with van der Waals surface area (Å²) in [6, 6.07) is 16.5. The number of carbonyl (C=O) groups excluding carboxylic acids is 2. The van der Waals surface area contributed by atoms with Gasteiger partial charge in [-0.05, 0) is 24.5 Å². The maximum Gasteiger partial charge on any atom is 0.305 e. The van der Waals surface area contributed by atoms with E-state index in [9.17, 15) is 9.59 Å². The zero-order valence-corrected chi connectivity index (χ0v) is 13.9. The van der Waals surface area contributed by atoms with E-state index >= 15 is 0 Å². The Hall–Kier alpha value is -2.50. The van der Waals surface area contributed by atoms with Crippen LogP contribution in [-0.2, 0) is 16.0 Å². The van der Waals surface area contributed by atoms with Gasteiger partial charge in [0.15, 0.2) is 5.78 Å². The van der Waals surface area contributed by atoms with E-state index < -0.39 is 18.7 Å². The summed E-state index contributed by atoms with van der Waals surface area (Å²) in [6.45, 7) is -0.633. The van der Waals surface area contributed by atoms with E-state index in [0.717, 1.165) is 5.56 Å². The topological polar surface area (TPSA) is 83.8 Å². The number of aliphatic hydroxyl groups is 2. The van der Waals surface area contributed by atoms with Crippen LogP contribution in [0.25, 0.3) is 0 Å². The summed E-state index contributed by atoms with van der Waals surface area (Å²) in [4.78, 5) is 24.0. The zero-order valence-electron chi connectivity index (χ0n) is 13.9. The minimum atomic E-state index is -1.04. The van der Waals surface area contributed by atoms with Crippen molar-refractivity contribution >= 4 is 11.8 Å². The lowest BCUT2D eigenvalue weighted by Crippen LogP contribution is -2.21. The lowest BCUT2D eigenvalue weighted by Gasteiger charge is -2.08. The molecule has 0 saturated carbocycles. The second-order valence-corrected chi connectivity index (χ2v) is 5.77. The molecule has 0 saturated heterocycles. The summed E-state index contributed by atoms with van der Waals surface area (Å²) < 4.78 is 4.85. The van der Waals surface area contributed by atoms with Crippen molar-refractivity contribution in [3.05, 3.63) is 71.3 Å². The van der Waals surface area contributed by atoms with Crippen molar-refractivity contribution < 1.29 is 24.5 Å². The van der Waals surface area contributed by atoms with Gasteiger partial charge in [0.05, 0.1) is 6.61 Å². The molecule has 25 heavy (non-hydrogen) atoms. The summed E-state index contributed by atoms with van der Waals surface area (Å²) >= 11 is 0. The second kappa shape index (κ2) is 9.71. The first-order valence-corrected chi connectivity index (χ1v) is 8.23. The molecule has 2 aromatic rings. The van der Waals surface area contributed by atoms with Crippen LogP contribution in [0, 0.1) is 0 Å². The molecule has 0 fully saturated rings. The molecule has 2 aromatic carbocycles.